The molecular formula is C13H14O2. The molecular weight excluding hydrogens is 188 g/mol. The van der Waals surface area contributed by atoms with E-state index in [4.69, 9.17) is 0 Å². The average molecular weight is 202 g/mol. The number of carbonyl (C=O) groups is 1. The lowest BCUT2D eigenvalue weighted by atomic mass is 9.96. The molecule has 0 saturated heterocycles. The lowest BCUT2D eigenvalue weighted by Gasteiger charge is -2.09. The van der Waals surface area contributed by atoms with E-state index in [1.54, 1.807) is 0 Å². The Balaban J connectivity index is 2.52. The number of allylic oxidation sites excluding steroid dienone is 6. The minimum atomic E-state index is -0.316. The maximum Gasteiger partial charge on any atom is 0.330 e. The van der Waals surface area contributed by atoms with E-state index < -0.39 is 0 Å². The van der Waals surface area contributed by atoms with Crippen molar-refractivity contribution in [3.63, 3.8) is 0 Å². The van der Waals surface area contributed by atoms with Crippen LogP contribution in [0.15, 0.2) is 54.3 Å². The molecule has 0 heterocycles. The van der Waals surface area contributed by atoms with Crippen molar-refractivity contribution < 1.29 is 9.53 Å². The zero-order valence-electron chi connectivity index (χ0n) is 8.77. The van der Waals surface area contributed by atoms with Crippen molar-refractivity contribution in [3.05, 3.63) is 54.3 Å². The highest BCUT2D eigenvalue weighted by Gasteiger charge is 2.04. The average Bonchev–Trinajstić information content (AvgIpc) is 2.28. The maximum atomic E-state index is 10.8. The van der Waals surface area contributed by atoms with Gasteiger partial charge in [0.15, 0.2) is 0 Å². The van der Waals surface area contributed by atoms with Gasteiger partial charge in [-0.1, -0.05) is 30.9 Å². The van der Waals surface area contributed by atoms with Crippen LogP contribution < -0.4 is 0 Å². The monoisotopic (exact) mass is 202 g/mol. The molecule has 0 aliphatic heterocycles. The number of rotatable bonds is 3. The summed E-state index contributed by atoms with van der Waals surface area (Å²) in [6.07, 6.45) is 12.1. The summed E-state index contributed by atoms with van der Waals surface area (Å²) >= 11 is 0. The molecule has 1 aliphatic rings. The number of carbonyl (C=O) groups excluding carboxylic acids is 1. The van der Waals surface area contributed by atoms with Gasteiger partial charge in [-0.15, -0.1) is 5.73 Å². The third-order valence-corrected chi connectivity index (χ3v) is 2.11. The van der Waals surface area contributed by atoms with E-state index >= 15 is 0 Å². The van der Waals surface area contributed by atoms with Gasteiger partial charge in [0, 0.05) is 6.08 Å². The predicted molar refractivity (Wildman–Crippen MR) is 60.2 cm³/mol. The molecule has 2 heteroatoms. The van der Waals surface area contributed by atoms with Gasteiger partial charge in [0.1, 0.15) is 0 Å². The van der Waals surface area contributed by atoms with Crippen molar-refractivity contribution in [2.75, 3.05) is 7.11 Å². The Hall–Kier alpha value is -1.79. The Labute approximate surface area is 89.9 Å². The van der Waals surface area contributed by atoms with Crippen molar-refractivity contribution >= 4 is 5.97 Å². The fraction of sp³-hybridized carbons (Fsp3) is 0.231. The Morgan fingerprint density at radius 1 is 1.73 bits per heavy atom. The highest BCUT2D eigenvalue weighted by molar-refractivity contribution is 5.81. The summed E-state index contributed by atoms with van der Waals surface area (Å²) in [6, 6.07) is 0. The van der Waals surface area contributed by atoms with Gasteiger partial charge < -0.3 is 4.74 Å². The minimum Gasteiger partial charge on any atom is -0.466 e. The van der Waals surface area contributed by atoms with Gasteiger partial charge in [-0.05, 0) is 24.0 Å². The molecule has 0 unspecified atom stereocenters. The lowest BCUT2D eigenvalue weighted by molar-refractivity contribution is -0.134. The van der Waals surface area contributed by atoms with E-state index in [1.807, 2.05) is 24.3 Å². The first-order valence-electron chi connectivity index (χ1n) is 4.76. The predicted octanol–water partition coefficient (Wildman–Crippen LogP) is 2.56. The van der Waals surface area contributed by atoms with Crippen LogP contribution in [0.3, 0.4) is 0 Å². The first kappa shape index (κ1) is 11.3. The molecule has 0 saturated carbocycles. The Morgan fingerprint density at radius 2 is 2.53 bits per heavy atom. The summed E-state index contributed by atoms with van der Waals surface area (Å²) in [4.78, 5) is 10.8. The fourth-order valence-corrected chi connectivity index (χ4v) is 1.29. The summed E-state index contributed by atoms with van der Waals surface area (Å²) in [7, 11) is 1.37. The summed E-state index contributed by atoms with van der Waals surface area (Å²) in [5, 5.41) is 0. The van der Waals surface area contributed by atoms with Gasteiger partial charge in [0.2, 0.25) is 0 Å². The zero-order valence-corrected chi connectivity index (χ0v) is 8.77. The molecule has 0 amide bonds. The van der Waals surface area contributed by atoms with Crippen molar-refractivity contribution in [1.82, 2.24) is 0 Å². The molecule has 1 rings (SSSR count). The molecule has 2 nitrogen and oxygen atoms in total. The summed E-state index contributed by atoms with van der Waals surface area (Å²) in [6.45, 7) is 3.51. The maximum absolute atomic E-state index is 10.8. The molecule has 0 aromatic heterocycles. The van der Waals surface area contributed by atoms with E-state index in [9.17, 15) is 4.79 Å². The second kappa shape index (κ2) is 5.84. The minimum absolute atomic E-state index is 0.270. The molecule has 0 bridgehead atoms. The molecule has 15 heavy (non-hydrogen) atoms. The van der Waals surface area contributed by atoms with E-state index in [-0.39, 0.29) is 11.9 Å². The second-order valence-electron chi connectivity index (χ2n) is 3.19. The topological polar surface area (TPSA) is 26.3 Å². The molecule has 78 valence electrons. The van der Waals surface area contributed by atoms with Crippen LogP contribution >= 0.6 is 0 Å². The normalized spacial score (nSPS) is 19.5. The molecule has 0 radical (unpaired) electrons. The van der Waals surface area contributed by atoms with Gasteiger partial charge in [-0.25, -0.2) is 4.79 Å². The van der Waals surface area contributed by atoms with Crippen LogP contribution in [0.5, 0.6) is 0 Å². The summed E-state index contributed by atoms with van der Waals surface area (Å²) in [5.41, 5.74) is 3.83. The van der Waals surface area contributed by atoms with Crippen LogP contribution in [0.2, 0.25) is 0 Å². The summed E-state index contributed by atoms with van der Waals surface area (Å²) in [5.74, 6) is -0.0461. The first-order chi connectivity index (χ1) is 7.26. The Kier molecular flexibility index (Phi) is 4.39. The zero-order chi connectivity index (χ0) is 11.1. The van der Waals surface area contributed by atoms with E-state index in [2.05, 4.69) is 23.1 Å². The van der Waals surface area contributed by atoms with Gasteiger partial charge in [0.25, 0.3) is 0 Å². The van der Waals surface area contributed by atoms with Crippen LogP contribution in [-0.4, -0.2) is 13.1 Å². The highest BCUT2D eigenvalue weighted by atomic mass is 16.5. The van der Waals surface area contributed by atoms with Gasteiger partial charge in [-0.2, -0.15) is 0 Å². The number of esters is 1. The van der Waals surface area contributed by atoms with Crippen LogP contribution in [0.1, 0.15) is 6.42 Å². The third-order valence-electron chi connectivity index (χ3n) is 2.11. The number of ether oxygens (including phenoxy) is 1. The number of hydrogen-bond donors (Lipinski definition) is 0. The van der Waals surface area contributed by atoms with E-state index in [0.29, 0.717) is 0 Å². The summed E-state index contributed by atoms with van der Waals surface area (Å²) < 4.78 is 4.51. The SMILES string of the molecule is C=C=CC1=CC[C@H](/C=C/C(=O)OC)C=C1. The standard InChI is InChI=1S/C13H14O2/c1-3-4-11-5-7-12(8-6-11)9-10-13(14)15-2/h4-7,9-10,12H,1,8H2,2H3/b10-9+/t12-/m1/s1. The van der Waals surface area contributed by atoms with Gasteiger partial charge in [-0.3, -0.25) is 0 Å². The van der Waals surface area contributed by atoms with Crippen molar-refractivity contribution in [1.29, 1.82) is 0 Å². The Morgan fingerprint density at radius 3 is 3.07 bits per heavy atom. The largest absolute Gasteiger partial charge is 0.466 e. The fourth-order valence-electron chi connectivity index (χ4n) is 1.29. The molecule has 1 atom stereocenters. The number of methoxy groups -OCH3 is 1. The molecule has 1 aliphatic carbocycles. The van der Waals surface area contributed by atoms with Crippen molar-refractivity contribution in [2.24, 2.45) is 5.92 Å². The van der Waals surface area contributed by atoms with Crippen LogP contribution in [0, 0.1) is 5.92 Å². The van der Waals surface area contributed by atoms with Crippen LogP contribution in [-0.2, 0) is 9.53 Å². The second-order valence-corrected chi connectivity index (χ2v) is 3.19. The first-order valence-corrected chi connectivity index (χ1v) is 4.76. The van der Waals surface area contributed by atoms with Crippen molar-refractivity contribution in [2.45, 2.75) is 6.42 Å². The van der Waals surface area contributed by atoms with Gasteiger partial charge >= 0.3 is 5.97 Å². The molecule has 0 spiro atoms. The Bertz CT molecular complexity index is 366. The van der Waals surface area contributed by atoms with E-state index in [1.165, 1.54) is 13.2 Å². The molecule has 0 aromatic rings. The number of hydrogen-bond acceptors (Lipinski definition) is 2. The smallest absolute Gasteiger partial charge is 0.330 e. The highest BCUT2D eigenvalue weighted by Crippen LogP contribution is 2.17. The molecule has 0 N–H and O–H groups in total. The van der Waals surface area contributed by atoms with Crippen LogP contribution in [0.25, 0.3) is 0 Å². The third kappa shape index (κ3) is 3.84. The lowest BCUT2D eigenvalue weighted by Crippen LogP contribution is -1.99. The van der Waals surface area contributed by atoms with Crippen LogP contribution in [0.4, 0.5) is 0 Å². The van der Waals surface area contributed by atoms with E-state index in [0.717, 1.165) is 12.0 Å². The van der Waals surface area contributed by atoms with Gasteiger partial charge in [0.05, 0.1) is 7.11 Å². The van der Waals surface area contributed by atoms with Crippen molar-refractivity contribution in [3.8, 4) is 0 Å². The molecule has 0 fully saturated rings. The quantitative estimate of drug-likeness (QED) is 0.399. The molecule has 0 aromatic carbocycles.